The molecule has 0 radical (unpaired) electrons. The molecule has 1 saturated heterocycles. The van der Waals surface area contributed by atoms with Crippen molar-refractivity contribution in [2.75, 3.05) is 0 Å². The standard InChI is InChI=1S/C31H44N2Si/c1-21(2)31-32-29-23(22-13-6-5-7-14-22)19-12-20-28(29)33(31)34(3,4)30-26-17-10-8-15-24(26)25-16-9-11-18-27(25)30/h8-12,15-22,24-32H,5-7,13-14H2,1-4H3/t24?,25?,26?,27?,28-,29?,30?,31+/m1/s1. The van der Waals surface area contributed by atoms with Crippen LogP contribution in [0.5, 0.6) is 0 Å². The normalized spacial score (nSPS) is 41.6. The van der Waals surface area contributed by atoms with Crippen LogP contribution in [-0.2, 0) is 0 Å². The average Bonchev–Trinajstić information content (AvgIpc) is 3.42. The van der Waals surface area contributed by atoms with Gasteiger partial charge in [0, 0.05) is 12.1 Å². The van der Waals surface area contributed by atoms with Gasteiger partial charge in [-0.15, -0.1) is 0 Å². The Balaban J connectivity index is 1.37. The molecule has 5 aliphatic carbocycles. The third-order valence-electron chi connectivity index (χ3n) is 10.2. The summed E-state index contributed by atoms with van der Waals surface area (Å²) < 4.78 is 3.07. The number of fused-ring (bicyclic) bond motifs is 4. The molecule has 182 valence electrons. The fourth-order valence-corrected chi connectivity index (χ4v) is 13.8. The topological polar surface area (TPSA) is 15.3 Å². The van der Waals surface area contributed by atoms with Crippen molar-refractivity contribution in [2.45, 2.75) is 82.8 Å². The third kappa shape index (κ3) is 3.57. The molecule has 34 heavy (non-hydrogen) atoms. The van der Waals surface area contributed by atoms with Gasteiger partial charge in [0.2, 0.25) is 0 Å². The van der Waals surface area contributed by atoms with E-state index < -0.39 is 8.24 Å². The van der Waals surface area contributed by atoms with E-state index in [0.717, 1.165) is 11.5 Å². The molecule has 0 amide bonds. The molecule has 5 unspecified atom stereocenters. The summed E-state index contributed by atoms with van der Waals surface area (Å²) in [6.07, 6.45) is 34.4. The maximum absolute atomic E-state index is 4.24. The van der Waals surface area contributed by atoms with Crippen LogP contribution in [0.25, 0.3) is 0 Å². The minimum Gasteiger partial charge on any atom is -0.301 e. The van der Waals surface area contributed by atoms with Crippen molar-refractivity contribution in [2.24, 2.45) is 35.5 Å². The first-order valence-electron chi connectivity index (χ1n) is 14.1. The van der Waals surface area contributed by atoms with Crippen molar-refractivity contribution >= 4 is 8.24 Å². The molecule has 0 bridgehead atoms. The van der Waals surface area contributed by atoms with Crippen molar-refractivity contribution in [3.05, 3.63) is 72.4 Å². The Kier molecular flexibility index (Phi) is 6.03. The lowest BCUT2D eigenvalue weighted by Crippen LogP contribution is -2.61. The van der Waals surface area contributed by atoms with E-state index in [1.165, 1.54) is 32.1 Å². The molecule has 6 rings (SSSR count). The summed E-state index contributed by atoms with van der Waals surface area (Å²) in [4.78, 5) is 0. The number of nitrogens with one attached hydrogen (secondary N) is 1. The van der Waals surface area contributed by atoms with Gasteiger partial charge in [0.15, 0.2) is 0 Å². The zero-order chi connectivity index (χ0) is 23.4. The van der Waals surface area contributed by atoms with Crippen molar-refractivity contribution in [1.29, 1.82) is 0 Å². The zero-order valence-electron chi connectivity index (χ0n) is 21.6. The first-order valence-corrected chi connectivity index (χ1v) is 17.1. The summed E-state index contributed by atoms with van der Waals surface area (Å²) in [5.41, 5.74) is 2.46. The second-order valence-corrected chi connectivity index (χ2v) is 17.1. The van der Waals surface area contributed by atoms with Gasteiger partial charge in [0.05, 0.1) is 6.17 Å². The smallest absolute Gasteiger partial charge is 0.129 e. The maximum atomic E-state index is 4.24. The Hall–Kier alpha value is -1.42. The van der Waals surface area contributed by atoms with Crippen LogP contribution in [0.4, 0.5) is 0 Å². The Bertz CT molecular complexity index is 926. The highest BCUT2D eigenvalue weighted by molar-refractivity contribution is 6.76. The first-order chi connectivity index (χ1) is 16.5. The SMILES string of the molecule is CC(C)[C@H]1NC2C(C3CCCCC3)=CC=C[C@H]2N1[Si](C)(C)C1C2C=CC=CC2C2C=CC=CC21. The van der Waals surface area contributed by atoms with Gasteiger partial charge in [0.25, 0.3) is 0 Å². The molecule has 3 fully saturated rings. The van der Waals surface area contributed by atoms with Gasteiger partial charge in [0.1, 0.15) is 8.24 Å². The minimum atomic E-state index is -1.84. The molecular weight excluding hydrogens is 428 g/mol. The highest BCUT2D eigenvalue weighted by Crippen LogP contribution is 2.59. The molecule has 0 aromatic rings. The van der Waals surface area contributed by atoms with Crippen LogP contribution in [0.2, 0.25) is 18.6 Å². The van der Waals surface area contributed by atoms with Gasteiger partial charge in [-0.2, -0.15) is 0 Å². The number of hydrogen-bond donors (Lipinski definition) is 1. The van der Waals surface area contributed by atoms with Crippen LogP contribution in [-0.4, -0.2) is 31.1 Å². The van der Waals surface area contributed by atoms with E-state index in [9.17, 15) is 0 Å². The molecule has 1 heterocycles. The first kappa shape index (κ1) is 23.0. The van der Waals surface area contributed by atoms with Crippen LogP contribution in [0.15, 0.2) is 72.4 Å². The maximum Gasteiger partial charge on any atom is 0.129 e. The second-order valence-electron chi connectivity index (χ2n) is 12.6. The molecule has 1 aliphatic heterocycles. The third-order valence-corrected chi connectivity index (χ3v) is 14.5. The fourth-order valence-electron chi connectivity index (χ4n) is 8.81. The average molecular weight is 473 g/mol. The van der Waals surface area contributed by atoms with Gasteiger partial charge in [-0.05, 0) is 59.5 Å². The molecule has 0 aromatic heterocycles. The van der Waals surface area contributed by atoms with E-state index in [4.69, 9.17) is 0 Å². The Labute approximate surface area is 208 Å². The van der Waals surface area contributed by atoms with Crippen molar-refractivity contribution in [1.82, 2.24) is 9.88 Å². The van der Waals surface area contributed by atoms with Crippen molar-refractivity contribution in [3.8, 4) is 0 Å². The molecule has 7 atom stereocenters. The Morgan fingerprint density at radius 2 is 1.38 bits per heavy atom. The van der Waals surface area contributed by atoms with Crippen molar-refractivity contribution in [3.63, 3.8) is 0 Å². The molecule has 1 N–H and O–H groups in total. The minimum absolute atomic E-state index is 0.468. The second kappa shape index (κ2) is 8.91. The fraction of sp³-hybridized carbons (Fsp3) is 0.613. The molecule has 6 aliphatic rings. The monoisotopic (exact) mass is 472 g/mol. The summed E-state index contributed by atoms with van der Waals surface area (Å²) in [6.45, 7) is 10.3. The number of nitrogens with zero attached hydrogens (tertiary/aromatic N) is 1. The molecule has 0 spiro atoms. The van der Waals surface area contributed by atoms with E-state index in [0.29, 0.717) is 47.8 Å². The van der Waals surface area contributed by atoms with Gasteiger partial charge in [-0.3, -0.25) is 5.32 Å². The number of rotatable bonds is 4. The highest BCUT2D eigenvalue weighted by Gasteiger charge is 2.59. The van der Waals surface area contributed by atoms with E-state index in [-0.39, 0.29) is 0 Å². The van der Waals surface area contributed by atoms with Gasteiger partial charge in [-0.1, -0.05) is 113 Å². The Morgan fingerprint density at radius 1 is 0.794 bits per heavy atom. The van der Waals surface area contributed by atoms with Gasteiger partial charge in [-0.25, -0.2) is 0 Å². The summed E-state index contributed by atoms with van der Waals surface area (Å²) in [5, 5.41) is 4.24. The van der Waals surface area contributed by atoms with Crippen LogP contribution < -0.4 is 5.32 Å². The predicted octanol–water partition coefficient (Wildman–Crippen LogP) is 6.99. The van der Waals surface area contributed by atoms with Crippen LogP contribution in [0.3, 0.4) is 0 Å². The lowest BCUT2D eigenvalue weighted by Gasteiger charge is -2.49. The zero-order valence-corrected chi connectivity index (χ0v) is 22.6. The van der Waals surface area contributed by atoms with E-state index in [1.54, 1.807) is 5.57 Å². The quantitative estimate of drug-likeness (QED) is 0.443. The molecule has 2 saturated carbocycles. The summed E-state index contributed by atoms with van der Waals surface area (Å²) in [5.74, 6) is 4.06. The number of hydrogen-bond acceptors (Lipinski definition) is 2. The summed E-state index contributed by atoms with van der Waals surface area (Å²) >= 11 is 0. The molecule has 3 heteroatoms. The molecule has 0 aromatic carbocycles. The van der Waals surface area contributed by atoms with E-state index >= 15 is 0 Å². The van der Waals surface area contributed by atoms with Crippen LogP contribution in [0.1, 0.15) is 46.0 Å². The van der Waals surface area contributed by atoms with Gasteiger partial charge < -0.3 is 4.57 Å². The lowest BCUT2D eigenvalue weighted by atomic mass is 9.78. The molecular formula is C31H44N2Si. The lowest BCUT2D eigenvalue weighted by molar-refractivity contribution is 0.258. The summed E-state index contributed by atoms with van der Waals surface area (Å²) in [7, 11) is -1.84. The summed E-state index contributed by atoms with van der Waals surface area (Å²) in [6, 6.07) is 1.02. The van der Waals surface area contributed by atoms with Gasteiger partial charge >= 0.3 is 0 Å². The highest BCUT2D eigenvalue weighted by atomic mass is 28.3. The number of allylic oxidation sites excluding steroid dienone is 10. The van der Waals surface area contributed by atoms with E-state index in [1.807, 2.05) is 0 Å². The van der Waals surface area contributed by atoms with E-state index in [2.05, 4.69) is 104 Å². The Morgan fingerprint density at radius 3 is 1.97 bits per heavy atom. The van der Waals surface area contributed by atoms with Crippen LogP contribution >= 0.6 is 0 Å². The largest absolute Gasteiger partial charge is 0.301 e. The van der Waals surface area contributed by atoms with Crippen molar-refractivity contribution < 1.29 is 0 Å². The molecule has 2 nitrogen and oxygen atoms in total. The van der Waals surface area contributed by atoms with Crippen LogP contribution in [0, 0.1) is 35.5 Å². The predicted molar refractivity (Wildman–Crippen MR) is 147 cm³/mol.